The number of ether oxygens (including phenoxy) is 1. The van der Waals surface area contributed by atoms with E-state index in [0.29, 0.717) is 17.0 Å². The molecule has 0 aliphatic heterocycles. The third-order valence-corrected chi connectivity index (χ3v) is 2.63. The van der Waals surface area contributed by atoms with Crippen LogP contribution in [-0.4, -0.2) is 28.4 Å². The zero-order chi connectivity index (χ0) is 12.4. The van der Waals surface area contributed by atoms with Crippen molar-refractivity contribution < 1.29 is 14.6 Å². The van der Waals surface area contributed by atoms with Gasteiger partial charge in [-0.25, -0.2) is 0 Å². The maximum Gasteiger partial charge on any atom is 0.312 e. The van der Waals surface area contributed by atoms with E-state index in [-0.39, 0.29) is 0 Å². The average molecular weight is 232 g/mol. The molecule has 0 saturated carbocycles. The first-order chi connectivity index (χ1) is 8.11. The highest BCUT2D eigenvalue weighted by Gasteiger charge is 2.16. The Hall–Kier alpha value is -2.17. The van der Waals surface area contributed by atoms with Gasteiger partial charge < -0.3 is 9.84 Å². The normalized spacial score (nSPS) is 12.4. The van der Waals surface area contributed by atoms with Crippen LogP contribution in [0.25, 0.3) is 10.9 Å². The summed E-state index contributed by atoms with van der Waals surface area (Å²) < 4.78 is 5.08. The molecule has 0 bridgehead atoms. The van der Waals surface area contributed by atoms with Gasteiger partial charge in [0.15, 0.2) is 0 Å². The molecule has 88 valence electrons. The van der Waals surface area contributed by atoms with Crippen molar-refractivity contribution in [1.29, 1.82) is 0 Å². The van der Waals surface area contributed by atoms with Crippen LogP contribution in [0.4, 0.5) is 0 Å². The molecule has 1 aromatic heterocycles. The topological polar surface area (TPSA) is 72.3 Å². The van der Waals surface area contributed by atoms with Gasteiger partial charge in [0, 0.05) is 11.5 Å². The van der Waals surface area contributed by atoms with Crippen LogP contribution in [0.1, 0.15) is 18.5 Å². The average Bonchev–Trinajstić information content (AvgIpc) is 2.36. The SMILES string of the molecule is COc1ccc2cc(C(C)C(=O)O)nnc2c1. The number of carboxylic acid groups (broad SMARTS) is 1. The minimum atomic E-state index is -0.910. The van der Waals surface area contributed by atoms with Crippen LogP contribution in [0.3, 0.4) is 0 Å². The minimum absolute atomic E-state index is 0.454. The quantitative estimate of drug-likeness (QED) is 0.873. The van der Waals surface area contributed by atoms with Gasteiger partial charge in [0.1, 0.15) is 5.75 Å². The van der Waals surface area contributed by atoms with Crippen molar-refractivity contribution in [3.63, 3.8) is 0 Å². The van der Waals surface area contributed by atoms with E-state index >= 15 is 0 Å². The lowest BCUT2D eigenvalue weighted by Gasteiger charge is -2.06. The molecule has 0 fully saturated rings. The van der Waals surface area contributed by atoms with Crippen LogP contribution in [0, 0.1) is 0 Å². The predicted octanol–water partition coefficient (Wildman–Crippen LogP) is 1.83. The summed E-state index contributed by atoms with van der Waals surface area (Å²) in [6.07, 6.45) is 0. The zero-order valence-electron chi connectivity index (χ0n) is 9.54. The summed E-state index contributed by atoms with van der Waals surface area (Å²) in [7, 11) is 1.58. The third kappa shape index (κ3) is 2.18. The molecule has 0 saturated heterocycles. The molecule has 1 unspecified atom stereocenters. The lowest BCUT2D eigenvalue weighted by molar-refractivity contribution is -0.138. The lowest BCUT2D eigenvalue weighted by Crippen LogP contribution is -2.09. The van der Waals surface area contributed by atoms with Crippen LogP contribution < -0.4 is 4.74 Å². The largest absolute Gasteiger partial charge is 0.497 e. The van der Waals surface area contributed by atoms with E-state index in [0.717, 1.165) is 5.39 Å². The number of aromatic nitrogens is 2. The minimum Gasteiger partial charge on any atom is -0.497 e. The summed E-state index contributed by atoms with van der Waals surface area (Å²) in [5.41, 5.74) is 1.14. The molecular weight excluding hydrogens is 220 g/mol. The second-order valence-corrected chi connectivity index (χ2v) is 3.75. The van der Waals surface area contributed by atoms with E-state index in [1.165, 1.54) is 0 Å². The molecule has 0 amide bonds. The standard InChI is InChI=1S/C12H12N2O3/c1-7(12(15)16)10-5-8-3-4-9(17-2)6-11(8)14-13-10/h3-7H,1-2H3,(H,15,16). The Labute approximate surface area is 98.0 Å². The maximum absolute atomic E-state index is 10.8. The van der Waals surface area contributed by atoms with E-state index in [2.05, 4.69) is 10.2 Å². The number of carbonyl (C=O) groups is 1. The molecule has 0 aliphatic carbocycles. The van der Waals surface area contributed by atoms with Gasteiger partial charge in [0.05, 0.1) is 24.2 Å². The summed E-state index contributed by atoms with van der Waals surface area (Å²) >= 11 is 0. The molecule has 17 heavy (non-hydrogen) atoms. The van der Waals surface area contributed by atoms with Crippen LogP contribution in [0.2, 0.25) is 0 Å². The van der Waals surface area contributed by atoms with Crippen molar-refractivity contribution in [2.24, 2.45) is 0 Å². The monoisotopic (exact) mass is 232 g/mol. The third-order valence-electron chi connectivity index (χ3n) is 2.63. The van der Waals surface area contributed by atoms with Gasteiger partial charge in [-0.15, -0.1) is 0 Å². The molecule has 1 atom stereocenters. The second-order valence-electron chi connectivity index (χ2n) is 3.75. The van der Waals surface area contributed by atoms with Crippen molar-refractivity contribution in [3.8, 4) is 5.75 Å². The molecule has 2 rings (SSSR count). The first-order valence-corrected chi connectivity index (χ1v) is 5.16. The van der Waals surface area contributed by atoms with Gasteiger partial charge in [0.25, 0.3) is 0 Å². The fourth-order valence-corrected chi connectivity index (χ4v) is 1.50. The maximum atomic E-state index is 10.8. The Bertz CT molecular complexity index is 569. The Morgan fingerprint density at radius 3 is 2.76 bits per heavy atom. The summed E-state index contributed by atoms with van der Waals surface area (Å²) in [6.45, 7) is 1.59. The van der Waals surface area contributed by atoms with Gasteiger partial charge in [-0.2, -0.15) is 10.2 Å². The molecular formula is C12H12N2O3. The van der Waals surface area contributed by atoms with E-state index < -0.39 is 11.9 Å². The number of methoxy groups -OCH3 is 1. The highest BCUT2D eigenvalue weighted by Crippen LogP contribution is 2.21. The van der Waals surface area contributed by atoms with Gasteiger partial charge >= 0.3 is 5.97 Å². The van der Waals surface area contributed by atoms with Crippen molar-refractivity contribution in [3.05, 3.63) is 30.0 Å². The Balaban J connectivity index is 2.48. The van der Waals surface area contributed by atoms with Crippen molar-refractivity contribution in [2.45, 2.75) is 12.8 Å². The van der Waals surface area contributed by atoms with Crippen molar-refractivity contribution in [1.82, 2.24) is 10.2 Å². The Morgan fingerprint density at radius 1 is 1.35 bits per heavy atom. The summed E-state index contributed by atoms with van der Waals surface area (Å²) in [5.74, 6) is -0.869. The molecule has 2 aromatic rings. The van der Waals surface area contributed by atoms with Crippen LogP contribution >= 0.6 is 0 Å². The zero-order valence-corrected chi connectivity index (χ0v) is 9.54. The highest BCUT2D eigenvalue weighted by atomic mass is 16.5. The number of hydrogen-bond donors (Lipinski definition) is 1. The summed E-state index contributed by atoms with van der Waals surface area (Å²) in [4.78, 5) is 10.8. The molecule has 5 nitrogen and oxygen atoms in total. The predicted molar refractivity (Wildman–Crippen MR) is 62.1 cm³/mol. The van der Waals surface area contributed by atoms with Gasteiger partial charge in [-0.05, 0) is 25.1 Å². The van der Waals surface area contributed by atoms with E-state index in [9.17, 15) is 4.79 Å². The number of fused-ring (bicyclic) bond motifs is 1. The second kappa shape index (κ2) is 4.37. The van der Waals surface area contributed by atoms with Gasteiger partial charge in [-0.3, -0.25) is 4.79 Å². The van der Waals surface area contributed by atoms with Crippen LogP contribution in [-0.2, 0) is 4.79 Å². The number of carboxylic acids is 1. The lowest BCUT2D eigenvalue weighted by atomic mass is 10.1. The fraction of sp³-hybridized carbons (Fsp3) is 0.250. The van der Waals surface area contributed by atoms with E-state index in [4.69, 9.17) is 9.84 Å². The van der Waals surface area contributed by atoms with Crippen LogP contribution in [0.15, 0.2) is 24.3 Å². The molecule has 1 N–H and O–H groups in total. The van der Waals surface area contributed by atoms with Crippen molar-refractivity contribution >= 4 is 16.9 Å². The molecule has 1 aromatic carbocycles. The fourth-order valence-electron chi connectivity index (χ4n) is 1.50. The Morgan fingerprint density at radius 2 is 2.12 bits per heavy atom. The first kappa shape index (κ1) is 11.3. The van der Waals surface area contributed by atoms with Gasteiger partial charge in [0.2, 0.25) is 0 Å². The number of nitrogens with zero attached hydrogens (tertiary/aromatic N) is 2. The van der Waals surface area contributed by atoms with E-state index in [1.807, 2.05) is 6.07 Å². The molecule has 0 radical (unpaired) electrons. The van der Waals surface area contributed by atoms with Gasteiger partial charge in [-0.1, -0.05) is 0 Å². The summed E-state index contributed by atoms with van der Waals surface area (Å²) in [5, 5.41) is 17.7. The molecule has 0 aliphatic rings. The number of aliphatic carboxylic acids is 1. The molecule has 0 spiro atoms. The molecule has 5 heteroatoms. The smallest absolute Gasteiger partial charge is 0.312 e. The number of hydrogen-bond acceptors (Lipinski definition) is 4. The first-order valence-electron chi connectivity index (χ1n) is 5.16. The van der Waals surface area contributed by atoms with Crippen LogP contribution in [0.5, 0.6) is 5.75 Å². The highest BCUT2D eigenvalue weighted by molar-refractivity contribution is 5.82. The number of benzene rings is 1. The number of rotatable bonds is 3. The summed E-state index contributed by atoms with van der Waals surface area (Å²) in [6, 6.07) is 7.14. The Kier molecular flexibility index (Phi) is 2.91. The van der Waals surface area contributed by atoms with Crippen molar-refractivity contribution in [2.75, 3.05) is 7.11 Å². The molecule has 1 heterocycles. The van der Waals surface area contributed by atoms with E-state index in [1.54, 1.807) is 32.2 Å².